The number of halogens is 1. The first-order valence-corrected chi connectivity index (χ1v) is 4.80. The fourth-order valence-corrected chi connectivity index (χ4v) is 1.26. The molecule has 72 valence electrons. The highest BCUT2D eigenvalue weighted by molar-refractivity contribution is 6.18. The van der Waals surface area contributed by atoms with Gasteiger partial charge in [0, 0.05) is 5.41 Å². The van der Waals surface area contributed by atoms with Crippen LogP contribution in [0.5, 0.6) is 0 Å². The minimum absolute atomic E-state index is 0.00614. The van der Waals surface area contributed by atoms with E-state index in [0.717, 1.165) is 0 Å². The summed E-state index contributed by atoms with van der Waals surface area (Å²) in [6.45, 7) is 8.88. The summed E-state index contributed by atoms with van der Waals surface area (Å²) in [6.07, 6.45) is 0.0518. The zero-order chi connectivity index (χ0) is 9.41. The molecule has 0 radical (unpaired) electrons. The number of hydrogen-bond donors (Lipinski definition) is 0. The molecule has 1 fully saturated rings. The van der Waals surface area contributed by atoms with Crippen LogP contribution in [-0.4, -0.2) is 24.4 Å². The molecule has 0 aromatic rings. The molecule has 1 aliphatic rings. The lowest BCUT2D eigenvalue weighted by Crippen LogP contribution is -2.41. The Bertz CT molecular complexity index is 164. The molecule has 0 aliphatic carbocycles. The Kier molecular flexibility index (Phi) is 2.72. The van der Waals surface area contributed by atoms with Crippen molar-refractivity contribution >= 4 is 11.6 Å². The molecular formula is C9H17ClO2. The van der Waals surface area contributed by atoms with Crippen molar-refractivity contribution in [2.75, 3.05) is 12.5 Å². The Morgan fingerprint density at radius 3 is 2.33 bits per heavy atom. The van der Waals surface area contributed by atoms with Crippen molar-refractivity contribution in [1.82, 2.24) is 0 Å². The van der Waals surface area contributed by atoms with Gasteiger partial charge in [-0.1, -0.05) is 20.8 Å². The van der Waals surface area contributed by atoms with Crippen LogP contribution in [0.1, 0.15) is 27.7 Å². The van der Waals surface area contributed by atoms with Crippen molar-refractivity contribution in [2.45, 2.75) is 39.6 Å². The summed E-state index contributed by atoms with van der Waals surface area (Å²) in [5.74, 6) is 0.0260. The lowest BCUT2D eigenvalue weighted by molar-refractivity contribution is -0.215. The third kappa shape index (κ3) is 1.76. The Hall–Kier alpha value is 0.210. The van der Waals surface area contributed by atoms with Gasteiger partial charge in [-0.05, 0) is 6.92 Å². The summed E-state index contributed by atoms with van der Waals surface area (Å²) >= 11 is 5.68. The second-order valence-corrected chi connectivity index (χ2v) is 4.71. The van der Waals surface area contributed by atoms with E-state index >= 15 is 0 Å². The van der Waals surface area contributed by atoms with Gasteiger partial charge < -0.3 is 9.47 Å². The topological polar surface area (TPSA) is 18.5 Å². The highest BCUT2D eigenvalue weighted by Crippen LogP contribution is 2.39. The fraction of sp³-hybridized carbons (Fsp3) is 1.00. The second kappa shape index (κ2) is 3.17. The van der Waals surface area contributed by atoms with Crippen molar-refractivity contribution in [3.05, 3.63) is 0 Å². The Balaban J connectivity index is 2.64. The summed E-state index contributed by atoms with van der Waals surface area (Å²) in [6, 6.07) is 0. The number of alkyl halides is 1. The van der Waals surface area contributed by atoms with E-state index in [1.54, 1.807) is 0 Å². The fourth-order valence-electron chi connectivity index (χ4n) is 1.11. The van der Waals surface area contributed by atoms with Crippen molar-refractivity contribution < 1.29 is 9.47 Å². The summed E-state index contributed by atoms with van der Waals surface area (Å²) < 4.78 is 11.3. The summed E-state index contributed by atoms with van der Waals surface area (Å²) in [5, 5.41) is 0. The third-order valence-corrected chi connectivity index (χ3v) is 2.81. The van der Waals surface area contributed by atoms with E-state index < -0.39 is 5.79 Å². The van der Waals surface area contributed by atoms with Crippen molar-refractivity contribution in [1.29, 1.82) is 0 Å². The highest BCUT2D eigenvalue weighted by Gasteiger charge is 2.46. The molecule has 0 unspecified atom stereocenters. The van der Waals surface area contributed by atoms with Crippen LogP contribution in [-0.2, 0) is 9.47 Å². The van der Waals surface area contributed by atoms with E-state index in [1.807, 2.05) is 6.92 Å². The summed E-state index contributed by atoms with van der Waals surface area (Å²) in [4.78, 5) is 0. The predicted molar refractivity (Wildman–Crippen MR) is 49.4 cm³/mol. The van der Waals surface area contributed by atoms with E-state index in [2.05, 4.69) is 20.8 Å². The van der Waals surface area contributed by atoms with Gasteiger partial charge in [-0.15, -0.1) is 11.6 Å². The normalized spacial score (nSPS) is 37.2. The monoisotopic (exact) mass is 192 g/mol. The average Bonchev–Trinajstić information content (AvgIpc) is 2.31. The zero-order valence-corrected chi connectivity index (χ0v) is 8.94. The quantitative estimate of drug-likeness (QED) is 0.594. The Labute approximate surface area is 79.2 Å². The molecule has 0 spiro atoms. The van der Waals surface area contributed by atoms with Crippen molar-refractivity contribution in [3.63, 3.8) is 0 Å². The lowest BCUT2D eigenvalue weighted by Gasteiger charge is -2.36. The largest absolute Gasteiger partial charge is 0.347 e. The summed E-state index contributed by atoms with van der Waals surface area (Å²) in [5.41, 5.74) is -0.00614. The van der Waals surface area contributed by atoms with E-state index in [0.29, 0.717) is 12.5 Å². The molecule has 0 saturated carbocycles. The van der Waals surface area contributed by atoms with Gasteiger partial charge in [0.2, 0.25) is 0 Å². The van der Waals surface area contributed by atoms with E-state index in [9.17, 15) is 0 Å². The standard InChI is InChI=1S/C9H17ClO2/c1-8(2,3)9(4)11-6-7(5-10)12-9/h7H,5-6H2,1-4H3/t7-,9+/m1/s1. The number of ether oxygens (including phenoxy) is 2. The molecule has 1 saturated heterocycles. The summed E-state index contributed by atoms with van der Waals surface area (Å²) in [7, 11) is 0. The molecule has 1 heterocycles. The maximum Gasteiger partial charge on any atom is 0.170 e. The van der Waals surface area contributed by atoms with Crippen LogP contribution >= 0.6 is 11.6 Å². The van der Waals surface area contributed by atoms with Crippen LogP contribution in [0.3, 0.4) is 0 Å². The van der Waals surface area contributed by atoms with Crippen LogP contribution in [0.25, 0.3) is 0 Å². The van der Waals surface area contributed by atoms with Crippen molar-refractivity contribution in [3.8, 4) is 0 Å². The predicted octanol–water partition coefficient (Wildman–Crippen LogP) is 2.40. The molecule has 0 aromatic carbocycles. The molecular weight excluding hydrogens is 176 g/mol. The molecule has 0 N–H and O–H groups in total. The van der Waals surface area contributed by atoms with E-state index in [-0.39, 0.29) is 11.5 Å². The Morgan fingerprint density at radius 1 is 1.50 bits per heavy atom. The first-order chi connectivity index (χ1) is 5.39. The maximum atomic E-state index is 5.71. The number of rotatable bonds is 1. The zero-order valence-electron chi connectivity index (χ0n) is 8.19. The maximum absolute atomic E-state index is 5.71. The molecule has 1 rings (SSSR count). The van der Waals surface area contributed by atoms with Gasteiger partial charge in [0.25, 0.3) is 0 Å². The smallest absolute Gasteiger partial charge is 0.170 e. The van der Waals surface area contributed by atoms with Gasteiger partial charge in [-0.3, -0.25) is 0 Å². The molecule has 3 heteroatoms. The lowest BCUT2D eigenvalue weighted by atomic mass is 9.87. The third-order valence-electron chi connectivity index (χ3n) is 2.47. The second-order valence-electron chi connectivity index (χ2n) is 4.40. The van der Waals surface area contributed by atoms with Crippen LogP contribution < -0.4 is 0 Å². The van der Waals surface area contributed by atoms with Crippen LogP contribution in [0.15, 0.2) is 0 Å². The van der Waals surface area contributed by atoms with Gasteiger partial charge in [0.05, 0.1) is 18.6 Å². The van der Waals surface area contributed by atoms with E-state index in [1.165, 1.54) is 0 Å². The van der Waals surface area contributed by atoms with Gasteiger partial charge in [0.1, 0.15) is 0 Å². The Morgan fingerprint density at radius 2 is 2.08 bits per heavy atom. The van der Waals surface area contributed by atoms with Crippen molar-refractivity contribution in [2.24, 2.45) is 5.41 Å². The van der Waals surface area contributed by atoms with Crippen LogP contribution in [0, 0.1) is 5.41 Å². The molecule has 12 heavy (non-hydrogen) atoms. The molecule has 2 atom stereocenters. The molecule has 1 aliphatic heterocycles. The molecule has 0 aromatic heterocycles. The molecule has 2 nitrogen and oxygen atoms in total. The van der Waals surface area contributed by atoms with Crippen LogP contribution in [0.4, 0.5) is 0 Å². The molecule has 0 amide bonds. The first kappa shape index (κ1) is 10.3. The van der Waals surface area contributed by atoms with Gasteiger partial charge in [0.15, 0.2) is 5.79 Å². The minimum Gasteiger partial charge on any atom is -0.347 e. The number of hydrogen-bond acceptors (Lipinski definition) is 2. The van der Waals surface area contributed by atoms with Gasteiger partial charge in [-0.25, -0.2) is 0 Å². The minimum atomic E-state index is -0.480. The molecule has 0 bridgehead atoms. The first-order valence-electron chi connectivity index (χ1n) is 4.27. The van der Waals surface area contributed by atoms with Gasteiger partial charge in [-0.2, -0.15) is 0 Å². The highest BCUT2D eigenvalue weighted by atomic mass is 35.5. The van der Waals surface area contributed by atoms with Gasteiger partial charge >= 0.3 is 0 Å². The average molecular weight is 193 g/mol. The van der Waals surface area contributed by atoms with E-state index in [4.69, 9.17) is 21.1 Å². The van der Waals surface area contributed by atoms with Crippen LogP contribution in [0.2, 0.25) is 0 Å². The SMILES string of the molecule is CC(C)(C)[C@@]1(C)OC[C@@H](CCl)O1.